The number of halogens is 3. The van der Waals surface area contributed by atoms with Gasteiger partial charge < -0.3 is 10.2 Å². The normalized spacial score (nSPS) is 11.2. The van der Waals surface area contributed by atoms with Crippen molar-refractivity contribution in [2.24, 2.45) is 0 Å². The molecule has 0 bridgehead atoms. The maximum atomic E-state index is 13.5. The van der Waals surface area contributed by atoms with Gasteiger partial charge in [0.05, 0.1) is 27.5 Å². The predicted octanol–water partition coefficient (Wildman–Crippen LogP) is 7.07. The van der Waals surface area contributed by atoms with Gasteiger partial charge in [-0.2, -0.15) is 5.10 Å². The summed E-state index contributed by atoms with van der Waals surface area (Å²) in [4.78, 5) is 17.1. The Morgan fingerprint density at radius 2 is 1.71 bits per heavy atom. The van der Waals surface area contributed by atoms with Gasteiger partial charge in [0.1, 0.15) is 5.82 Å². The monoisotopic (exact) mass is 506 g/mol. The Bertz CT molecular complexity index is 1420. The lowest BCUT2D eigenvalue weighted by Gasteiger charge is -2.26. The van der Waals surface area contributed by atoms with Gasteiger partial charge in [-0.15, -0.1) is 0 Å². The molecule has 0 radical (unpaired) electrons. The first kappa shape index (κ1) is 24.5. The van der Waals surface area contributed by atoms with Gasteiger partial charge >= 0.3 is 0 Å². The number of nitrogens with one attached hydrogen (secondary N) is 1. The van der Waals surface area contributed by atoms with Crippen LogP contribution < -0.4 is 5.32 Å². The van der Waals surface area contributed by atoms with E-state index in [0.717, 1.165) is 11.1 Å². The number of carbonyl (C=O) groups excluding carboxylic acids is 1. The van der Waals surface area contributed by atoms with Crippen LogP contribution in [0.5, 0.6) is 0 Å². The van der Waals surface area contributed by atoms with E-state index in [0.29, 0.717) is 27.0 Å². The molecule has 0 unspecified atom stereocenters. The van der Waals surface area contributed by atoms with Crippen LogP contribution in [0.3, 0.4) is 0 Å². The largest absolute Gasteiger partial charge is 0.342 e. The number of rotatable bonds is 6. The van der Waals surface area contributed by atoms with Crippen LogP contribution in [0.15, 0.2) is 72.8 Å². The van der Waals surface area contributed by atoms with Gasteiger partial charge in [0, 0.05) is 10.6 Å². The first-order valence-electron chi connectivity index (χ1n) is 10.8. The Hall–Kier alpha value is -3.66. The number of hydrogen-bond acceptors (Lipinski definition) is 2. The standard InChI is InChI=1S/C27H21Cl2FN4O/c1-27(2,18-10-14-20(30)15-11-18)32-26(35)24-21(16-31-3)25(17-8-12-19(28)13-9-17)34(33-24)23-7-5-4-6-22(23)29/h4-15H,16H2,1-2H3,(H,32,35). The molecular formula is C27H21Cl2FN4O. The van der Waals surface area contributed by atoms with E-state index in [-0.39, 0.29) is 18.1 Å². The highest BCUT2D eigenvalue weighted by molar-refractivity contribution is 6.32. The fourth-order valence-corrected chi connectivity index (χ4v) is 4.19. The third kappa shape index (κ3) is 5.07. The molecule has 1 aromatic heterocycles. The fourth-order valence-electron chi connectivity index (χ4n) is 3.85. The molecule has 1 heterocycles. The lowest BCUT2D eigenvalue weighted by atomic mass is 9.94. The molecule has 0 aliphatic carbocycles. The highest BCUT2D eigenvalue weighted by atomic mass is 35.5. The molecule has 1 N–H and O–H groups in total. The minimum absolute atomic E-state index is 0.0673. The van der Waals surface area contributed by atoms with E-state index in [1.807, 2.05) is 32.0 Å². The van der Waals surface area contributed by atoms with Crippen molar-refractivity contribution in [1.82, 2.24) is 15.1 Å². The average Bonchev–Trinajstić information content (AvgIpc) is 3.19. The van der Waals surface area contributed by atoms with E-state index in [9.17, 15) is 9.18 Å². The highest BCUT2D eigenvalue weighted by Crippen LogP contribution is 2.33. The van der Waals surface area contributed by atoms with Crippen molar-refractivity contribution in [2.45, 2.75) is 25.9 Å². The van der Waals surface area contributed by atoms with Gasteiger partial charge in [-0.1, -0.05) is 59.6 Å². The summed E-state index contributed by atoms with van der Waals surface area (Å²) < 4.78 is 15.0. The molecule has 4 aromatic rings. The second-order valence-electron chi connectivity index (χ2n) is 8.45. The van der Waals surface area contributed by atoms with E-state index >= 15 is 0 Å². The summed E-state index contributed by atoms with van der Waals surface area (Å²) in [5.41, 5.74) is 2.36. The Morgan fingerprint density at radius 3 is 2.34 bits per heavy atom. The van der Waals surface area contributed by atoms with Crippen LogP contribution in [-0.4, -0.2) is 15.7 Å². The Labute approximate surface area is 212 Å². The lowest BCUT2D eigenvalue weighted by molar-refractivity contribution is 0.0905. The zero-order chi connectivity index (χ0) is 25.2. The topological polar surface area (TPSA) is 51.3 Å². The van der Waals surface area contributed by atoms with Crippen molar-refractivity contribution in [3.63, 3.8) is 0 Å². The Balaban J connectivity index is 1.87. The molecule has 5 nitrogen and oxygen atoms in total. The van der Waals surface area contributed by atoms with E-state index in [1.165, 1.54) is 12.1 Å². The van der Waals surface area contributed by atoms with Crippen LogP contribution in [0.25, 0.3) is 21.8 Å². The maximum Gasteiger partial charge on any atom is 0.273 e. The molecule has 0 aliphatic heterocycles. The number of nitrogens with zero attached hydrogens (tertiary/aromatic N) is 3. The zero-order valence-electron chi connectivity index (χ0n) is 19.0. The second-order valence-corrected chi connectivity index (χ2v) is 9.29. The minimum Gasteiger partial charge on any atom is -0.342 e. The summed E-state index contributed by atoms with van der Waals surface area (Å²) in [6.07, 6.45) is 0. The third-order valence-corrected chi connectivity index (χ3v) is 6.20. The van der Waals surface area contributed by atoms with Crippen molar-refractivity contribution in [2.75, 3.05) is 0 Å². The molecule has 176 valence electrons. The molecule has 0 fully saturated rings. The molecule has 0 aliphatic rings. The van der Waals surface area contributed by atoms with Crippen LogP contribution >= 0.6 is 23.2 Å². The lowest BCUT2D eigenvalue weighted by Crippen LogP contribution is -2.41. The molecule has 8 heteroatoms. The number of carbonyl (C=O) groups is 1. The van der Waals surface area contributed by atoms with Gasteiger partial charge in [-0.25, -0.2) is 15.6 Å². The molecule has 1 amide bonds. The molecule has 0 saturated heterocycles. The van der Waals surface area contributed by atoms with Crippen LogP contribution in [0.4, 0.5) is 4.39 Å². The van der Waals surface area contributed by atoms with Crippen LogP contribution in [-0.2, 0) is 12.1 Å². The van der Waals surface area contributed by atoms with Crippen molar-refractivity contribution >= 4 is 29.1 Å². The summed E-state index contributed by atoms with van der Waals surface area (Å²) in [5.74, 6) is -0.819. The number of hydrogen-bond donors (Lipinski definition) is 1. The SMILES string of the molecule is [C-]#[N+]Cc1c(C(=O)NC(C)(C)c2ccc(F)cc2)nn(-c2ccccc2Cl)c1-c1ccc(Cl)cc1. The smallest absolute Gasteiger partial charge is 0.273 e. The van der Waals surface area contributed by atoms with E-state index < -0.39 is 11.4 Å². The Kier molecular flexibility index (Phi) is 6.93. The summed E-state index contributed by atoms with van der Waals surface area (Å²) >= 11 is 12.6. The highest BCUT2D eigenvalue weighted by Gasteiger charge is 2.31. The first-order chi connectivity index (χ1) is 16.7. The molecule has 0 atom stereocenters. The third-order valence-electron chi connectivity index (χ3n) is 5.63. The summed E-state index contributed by atoms with van der Waals surface area (Å²) in [6, 6.07) is 20.2. The zero-order valence-corrected chi connectivity index (χ0v) is 20.5. The number of amides is 1. The number of aromatic nitrogens is 2. The van der Waals surface area contributed by atoms with Crippen LogP contribution in [0, 0.1) is 12.4 Å². The van der Waals surface area contributed by atoms with Crippen molar-refractivity contribution in [3.8, 4) is 16.9 Å². The maximum absolute atomic E-state index is 13.5. The quantitative estimate of drug-likeness (QED) is 0.284. The first-order valence-corrected chi connectivity index (χ1v) is 11.5. The van der Waals surface area contributed by atoms with Crippen LogP contribution in [0.1, 0.15) is 35.5 Å². The summed E-state index contributed by atoms with van der Waals surface area (Å²) in [5, 5.41) is 8.62. The van der Waals surface area contributed by atoms with E-state index in [1.54, 1.807) is 47.1 Å². The van der Waals surface area contributed by atoms with Gasteiger partial charge in [-0.3, -0.25) is 4.79 Å². The number of para-hydroxylation sites is 1. The van der Waals surface area contributed by atoms with Gasteiger partial charge in [0.2, 0.25) is 6.54 Å². The average molecular weight is 507 g/mol. The molecule has 35 heavy (non-hydrogen) atoms. The molecule has 4 rings (SSSR count). The number of benzene rings is 3. The van der Waals surface area contributed by atoms with E-state index in [4.69, 9.17) is 29.8 Å². The van der Waals surface area contributed by atoms with Crippen molar-refractivity contribution in [1.29, 1.82) is 0 Å². The Morgan fingerprint density at radius 1 is 1.06 bits per heavy atom. The van der Waals surface area contributed by atoms with Crippen molar-refractivity contribution < 1.29 is 9.18 Å². The van der Waals surface area contributed by atoms with Crippen molar-refractivity contribution in [3.05, 3.63) is 117 Å². The second kappa shape index (κ2) is 9.91. The van der Waals surface area contributed by atoms with Crippen LogP contribution in [0.2, 0.25) is 10.0 Å². The fraction of sp³-hybridized carbons (Fsp3) is 0.148. The molecule has 0 spiro atoms. The summed E-state index contributed by atoms with van der Waals surface area (Å²) in [7, 11) is 0. The molecular weight excluding hydrogens is 486 g/mol. The van der Waals surface area contributed by atoms with Gasteiger partial charge in [-0.05, 0) is 55.8 Å². The molecule has 3 aromatic carbocycles. The summed E-state index contributed by atoms with van der Waals surface area (Å²) in [6.45, 7) is 11.1. The van der Waals surface area contributed by atoms with Gasteiger partial charge in [0.25, 0.3) is 5.91 Å². The van der Waals surface area contributed by atoms with E-state index in [2.05, 4.69) is 15.3 Å². The minimum atomic E-state index is -0.825. The van der Waals surface area contributed by atoms with Gasteiger partial charge in [0.15, 0.2) is 5.69 Å². The molecule has 0 saturated carbocycles. The predicted molar refractivity (Wildman–Crippen MR) is 136 cm³/mol.